The number of para-hydroxylation sites is 2. The van der Waals surface area contributed by atoms with Gasteiger partial charge in [-0.25, -0.2) is 0 Å². The minimum absolute atomic E-state index is 0.166. The Morgan fingerprint density at radius 2 is 2.10 bits per heavy atom. The molecule has 0 saturated heterocycles. The van der Waals surface area contributed by atoms with Crippen LogP contribution in [0, 0.1) is 0 Å². The van der Waals surface area contributed by atoms with Gasteiger partial charge in [0.05, 0.1) is 24.1 Å². The van der Waals surface area contributed by atoms with E-state index in [1.165, 1.54) is 0 Å². The molecule has 0 atom stereocenters. The standard InChI is InChI=1S/C15H13N3O2/c1-20-13-7-3-2-5-11(13)17-9-10-14-12(18-15(10)19)6-4-8-16-14/h2-9,17H,1H3,(H,18,19). The SMILES string of the molecule is COc1ccccc1NC=C1C(=O)Nc2cccnc21. The van der Waals surface area contributed by atoms with Crippen molar-refractivity contribution in [2.24, 2.45) is 0 Å². The van der Waals surface area contributed by atoms with Gasteiger partial charge in [0.15, 0.2) is 0 Å². The van der Waals surface area contributed by atoms with Gasteiger partial charge in [-0.15, -0.1) is 0 Å². The monoisotopic (exact) mass is 267 g/mol. The number of methoxy groups -OCH3 is 1. The highest BCUT2D eigenvalue weighted by molar-refractivity contribution is 6.31. The lowest BCUT2D eigenvalue weighted by Gasteiger charge is -2.07. The fraction of sp³-hybridized carbons (Fsp3) is 0.0667. The zero-order chi connectivity index (χ0) is 13.9. The van der Waals surface area contributed by atoms with Gasteiger partial charge in [-0.05, 0) is 24.3 Å². The Bertz CT molecular complexity index is 695. The normalized spacial score (nSPS) is 14.8. The molecular weight excluding hydrogens is 254 g/mol. The summed E-state index contributed by atoms with van der Waals surface area (Å²) in [5, 5.41) is 5.86. The molecule has 0 saturated carbocycles. The Hall–Kier alpha value is -2.82. The molecule has 100 valence electrons. The first-order valence-corrected chi connectivity index (χ1v) is 6.16. The van der Waals surface area contributed by atoms with E-state index in [4.69, 9.17) is 4.74 Å². The highest BCUT2D eigenvalue weighted by Crippen LogP contribution is 2.30. The average Bonchev–Trinajstić information content (AvgIpc) is 2.81. The van der Waals surface area contributed by atoms with Crippen molar-refractivity contribution in [2.75, 3.05) is 17.7 Å². The van der Waals surface area contributed by atoms with Crippen LogP contribution in [-0.2, 0) is 4.79 Å². The minimum Gasteiger partial charge on any atom is -0.495 e. The number of hydrogen-bond donors (Lipinski definition) is 2. The van der Waals surface area contributed by atoms with E-state index in [1.807, 2.05) is 30.3 Å². The van der Waals surface area contributed by atoms with Crippen LogP contribution in [0.4, 0.5) is 11.4 Å². The van der Waals surface area contributed by atoms with E-state index in [1.54, 1.807) is 25.6 Å². The molecule has 3 rings (SSSR count). The summed E-state index contributed by atoms with van der Waals surface area (Å²) >= 11 is 0. The number of aromatic nitrogens is 1. The maximum atomic E-state index is 11.9. The quantitative estimate of drug-likeness (QED) is 0.839. The third kappa shape index (κ3) is 2.09. The molecule has 0 fully saturated rings. The molecule has 5 nitrogen and oxygen atoms in total. The Morgan fingerprint density at radius 3 is 2.95 bits per heavy atom. The smallest absolute Gasteiger partial charge is 0.259 e. The molecule has 2 aromatic rings. The summed E-state index contributed by atoms with van der Waals surface area (Å²) in [6.45, 7) is 0. The van der Waals surface area contributed by atoms with Crippen LogP contribution in [-0.4, -0.2) is 18.0 Å². The fourth-order valence-electron chi connectivity index (χ4n) is 2.07. The molecule has 1 amide bonds. The lowest BCUT2D eigenvalue weighted by molar-refractivity contribution is -0.110. The molecule has 0 aliphatic carbocycles. The number of carbonyl (C=O) groups is 1. The molecule has 1 aliphatic rings. The van der Waals surface area contributed by atoms with Gasteiger partial charge < -0.3 is 15.4 Å². The van der Waals surface area contributed by atoms with Crippen LogP contribution in [0.25, 0.3) is 5.57 Å². The molecule has 1 aromatic carbocycles. The Balaban J connectivity index is 1.92. The number of amides is 1. The number of fused-ring (bicyclic) bond motifs is 1. The lowest BCUT2D eigenvalue weighted by Crippen LogP contribution is -2.05. The van der Waals surface area contributed by atoms with Gasteiger partial charge in [0.25, 0.3) is 5.91 Å². The highest BCUT2D eigenvalue weighted by Gasteiger charge is 2.24. The maximum absolute atomic E-state index is 11.9. The molecule has 2 N–H and O–H groups in total. The average molecular weight is 267 g/mol. The number of pyridine rings is 1. The first-order valence-electron chi connectivity index (χ1n) is 6.16. The van der Waals surface area contributed by atoms with Crippen LogP contribution in [0.15, 0.2) is 48.8 Å². The molecule has 1 aromatic heterocycles. The molecule has 1 aliphatic heterocycles. The molecule has 2 heterocycles. The number of rotatable bonds is 3. The molecule has 0 bridgehead atoms. The molecule has 0 radical (unpaired) electrons. The van der Waals surface area contributed by atoms with Crippen molar-refractivity contribution in [2.45, 2.75) is 0 Å². The molecule has 0 unspecified atom stereocenters. The van der Waals surface area contributed by atoms with E-state index in [9.17, 15) is 4.79 Å². The summed E-state index contributed by atoms with van der Waals surface area (Å²) in [4.78, 5) is 16.1. The zero-order valence-corrected chi connectivity index (χ0v) is 10.9. The maximum Gasteiger partial charge on any atom is 0.259 e. The zero-order valence-electron chi connectivity index (χ0n) is 10.9. The Morgan fingerprint density at radius 1 is 1.25 bits per heavy atom. The van der Waals surface area contributed by atoms with Gasteiger partial charge in [0.1, 0.15) is 11.4 Å². The van der Waals surface area contributed by atoms with Gasteiger partial charge >= 0.3 is 0 Å². The van der Waals surface area contributed by atoms with Gasteiger partial charge in [-0.1, -0.05) is 12.1 Å². The van der Waals surface area contributed by atoms with Crippen molar-refractivity contribution in [3.8, 4) is 5.75 Å². The second-order valence-corrected chi connectivity index (χ2v) is 4.26. The Kier molecular flexibility index (Phi) is 3.09. The van der Waals surface area contributed by atoms with Crippen molar-refractivity contribution in [1.82, 2.24) is 4.98 Å². The molecule has 0 spiro atoms. The van der Waals surface area contributed by atoms with E-state index >= 15 is 0 Å². The fourth-order valence-corrected chi connectivity index (χ4v) is 2.07. The minimum atomic E-state index is -0.166. The van der Waals surface area contributed by atoms with Crippen LogP contribution in [0.5, 0.6) is 5.75 Å². The number of anilines is 2. The summed E-state index contributed by atoms with van der Waals surface area (Å²) in [5.41, 5.74) is 2.68. The first kappa shape index (κ1) is 12.2. The third-order valence-corrected chi connectivity index (χ3v) is 3.03. The van der Waals surface area contributed by atoms with Gasteiger partial charge in [-0.3, -0.25) is 9.78 Å². The second-order valence-electron chi connectivity index (χ2n) is 4.26. The van der Waals surface area contributed by atoms with Crippen LogP contribution in [0.1, 0.15) is 5.69 Å². The van der Waals surface area contributed by atoms with Crippen LogP contribution >= 0.6 is 0 Å². The van der Waals surface area contributed by atoms with Crippen LogP contribution in [0.3, 0.4) is 0 Å². The van der Waals surface area contributed by atoms with Gasteiger partial charge in [0.2, 0.25) is 0 Å². The summed E-state index contributed by atoms with van der Waals surface area (Å²) < 4.78 is 5.25. The van der Waals surface area contributed by atoms with Crippen LogP contribution in [0.2, 0.25) is 0 Å². The predicted octanol–water partition coefficient (Wildman–Crippen LogP) is 2.50. The van der Waals surface area contributed by atoms with E-state index in [0.717, 1.165) is 11.4 Å². The first-order chi connectivity index (χ1) is 9.79. The number of nitrogens with one attached hydrogen (secondary N) is 2. The van der Waals surface area contributed by atoms with E-state index in [2.05, 4.69) is 15.6 Å². The number of carbonyl (C=O) groups excluding carboxylic acids is 1. The van der Waals surface area contributed by atoms with Crippen molar-refractivity contribution < 1.29 is 9.53 Å². The van der Waals surface area contributed by atoms with Gasteiger partial charge in [0, 0.05) is 12.4 Å². The topological polar surface area (TPSA) is 63.2 Å². The number of hydrogen-bond acceptors (Lipinski definition) is 4. The summed E-state index contributed by atoms with van der Waals surface area (Å²) in [5.74, 6) is 0.546. The van der Waals surface area contributed by atoms with Crippen molar-refractivity contribution in [3.63, 3.8) is 0 Å². The highest BCUT2D eigenvalue weighted by atomic mass is 16.5. The summed E-state index contributed by atoms with van der Waals surface area (Å²) in [6.07, 6.45) is 3.31. The Labute approximate surface area is 116 Å². The summed E-state index contributed by atoms with van der Waals surface area (Å²) in [7, 11) is 1.60. The van der Waals surface area contributed by atoms with Crippen molar-refractivity contribution in [1.29, 1.82) is 0 Å². The van der Waals surface area contributed by atoms with Crippen molar-refractivity contribution >= 4 is 22.9 Å². The number of benzene rings is 1. The second kappa shape index (κ2) is 5.05. The largest absolute Gasteiger partial charge is 0.495 e. The molecule has 20 heavy (non-hydrogen) atoms. The molecule has 5 heteroatoms. The van der Waals surface area contributed by atoms with Crippen LogP contribution < -0.4 is 15.4 Å². The van der Waals surface area contributed by atoms with E-state index in [0.29, 0.717) is 17.0 Å². The third-order valence-electron chi connectivity index (χ3n) is 3.03. The number of ether oxygens (including phenoxy) is 1. The predicted molar refractivity (Wildman–Crippen MR) is 77.5 cm³/mol. The lowest BCUT2D eigenvalue weighted by atomic mass is 10.2. The number of nitrogens with zero attached hydrogens (tertiary/aromatic N) is 1. The van der Waals surface area contributed by atoms with E-state index < -0.39 is 0 Å². The van der Waals surface area contributed by atoms with Crippen molar-refractivity contribution in [3.05, 3.63) is 54.5 Å². The summed E-state index contributed by atoms with van der Waals surface area (Å²) in [6, 6.07) is 11.1. The van der Waals surface area contributed by atoms with Gasteiger partial charge in [-0.2, -0.15) is 0 Å². The van der Waals surface area contributed by atoms with E-state index in [-0.39, 0.29) is 5.91 Å². The molecular formula is C15H13N3O2.